The van der Waals surface area contributed by atoms with E-state index < -0.39 is 23.3 Å². The third-order valence-corrected chi connectivity index (χ3v) is 2.23. The van der Waals surface area contributed by atoms with Crippen molar-refractivity contribution in [3.05, 3.63) is 35.4 Å². The molecular weight excluding hydrogens is 226 g/mol. The Morgan fingerprint density at radius 3 is 2.24 bits per heavy atom. The Hall–Kier alpha value is -1.04. The second-order valence-corrected chi connectivity index (χ2v) is 4.78. The minimum absolute atomic E-state index is 0.0951. The molecule has 17 heavy (non-hydrogen) atoms. The summed E-state index contributed by atoms with van der Waals surface area (Å²) in [5, 5.41) is 0. The van der Waals surface area contributed by atoms with E-state index in [0.29, 0.717) is 0 Å². The molecular formula is C12H18F2N2O. The standard InChI is InChI=1S/C12H18F2N2O/c1-12(2,3)17-7-10(16-15)11-8(13)5-4-6-9(11)14/h4-6,10,16H,7,15H2,1-3H3. The Morgan fingerprint density at radius 2 is 1.82 bits per heavy atom. The SMILES string of the molecule is CC(C)(C)OCC(NN)c1c(F)cccc1F. The molecule has 0 saturated carbocycles. The zero-order chi connectivity index (χ0) is 13.1. The van der Waals surface area contributed by atoms with Crippen LogP contribution in [0.2, 0.25) is 0 Å². The van der Waals surface area contributed by atoms with E-state index in [4.69, 9.17) is 10.6 Å². The summed E-state index contributed by atoms with van der Waals surface area (Å²) in [6.45, 7) is 5.67. The van der Waals surface area contributed by atoms with Gasteiger partial charge in [0.15, 0.2) is 0 Å². The number of rotatable bonds is 4. The maximum Gasteiger partial charge on any atom is 0.131 e. The molecule has 3 N–H and O–H groups in total. The molecule has 0 heterocycles. The zero-order valence-electron chi connectivity index (χ0n) is 10.3. The summed E-state index contributed by atoms with van der Waals surface area (Å²) in [4.78, 5) is 0. The predicted molar refractivity (Wildman–Crippen MR) is 62.1 cm³/mol. The van der Waals surface area contributed by atoms with E-state index in [-0.39, 0.29) is 12.2 Å². The number of ether oxygens (including phenoxy) is 1. The number of nitrogens with one attached hydrogen (secondary N) is 1. The van der Waals surface area contributed by atoms with Gasteiger partial charge in [0.1, 0.15) is 11.6 Å². The molecule has 96 valence electrons. The third-order valence-electron chi connectivity index (χ3n) is 2.23. The van der Waals surface area contributed by atoms with Crippen molar-refractivity contribution in [2.45, 2.75) is 32.4 Å². The van der Waals surface area contributed by atoms with Gasteiger partial charge in [-0.2, -0.15) is 0 Å². The minimum Gasteiger partial charge on any atom is -0.374 e. The van der Waals surface area contributed by atoms with Crippen LogP contribution < -0.4 is 11.3 Å². The highest BCUT2D eigenvalue weighted by Crippen LogP contribution is 2.22. The highest BCUT2D eigenvalue weighted by Gasteiger charge is 2.21. The Morgan fingerprint density at radius 1 is 1.29 bits per heavy atom. The number of nitrogens with two attached hydrogens (primary N) is 1. The van der Waals surface area contributed by atoms with Crippen molar-refractivity contribution in [3.63, 3.8) is 0 Å². The van der Waals surface area contributed by atoms with Crippen molar-refractivity contribution in [1.29, 1.82) is 0 Å². The van der Waals surface area contributed by atoms with Crippen molar-refractivity contribution < 1.29 is 13.5 Å². The number of benzene rings is 1. The van der Waals surface area contributed by atoms with E-state index in [1.165, 1.54) is 18.2 Å². The van der Waals surface area contributed by atoms with Gasteiger partial charge in [-0.25, -0.2) is 8.78 Å². The van der Waals surface area contributed by atoms with Gasteiger partial charge in [-0.15, -0.1) is 0 Å². The summed E-state index contributed by atoms with van der Waals surface area (Å²) in [6, 6.07) is 2.99. The predicted octanol–water partition coefficient (Wildman–Crippen LogP) is 2.28. The number of hydrogen-bond acceptors (Lipinski definition) is 3. The quantitative estimate of drug-likeness (QED) is 0.631. The van der Waals surface area contributed by atoms with Crippen LogP contribution in [0.3, 0.4) is 0 Å². The Labute approximate surface area is 99.9 Å². The molecule has 0 bridgehead atoms. The largest absolute Gasteiger partial charge is 0.374 e. The van der Waals surface area contributed by atoms with Crippen LogP contribution in [-0.2, 0) is 4.74 Å². The first-order valence-electron chi connectivity index (χ1n) is 5.39. The highest BCUT2D eigenvalue weighted by atomic mass is 19.1. The lowest BCUT2D eigenvalue weighted by Crippen LogP contribution is -2.35. The lowest BCUT2D eigenvalue weighted by atomic mass is 10.1. The van der Waals surface area contributed by atoms with Crippen molar-refractivity contribution in [3.8, 4) is 0 Å². The van der Waals surface area contributed by atoms with E-state index in [1.54, 1.807) is 0 Å². The molecule has 0 aliphatic carbocycles. The Kier molecular flexibility index (Phi) is 4.56. The fraction of sp³-hybridized carbons (Fsp3) is 0.500. The summed E-state index contributed by atoms with van der Waals surface area (Å²) in [6.07, 6.45) is 0. The fourth-order valence-corrected chi connectivity index (χ4v) is 1.39. The molecule has 3 nitrogen and oxygen atoms in total. The molecule has 5 heteroatoms. The van der Waals surface area contributed by atoms with E-state index >= 15 is 0 Å². The van der Waals surface area contributed by atoms with Crippen molar-refractivity contribution in [2.24, 2.45) is 5.84 Å². The third kappa shape index (κ3) is 4.03. The Bertz CT molecular complexity index is 357. The van der Waals surface area contributed by atoms with E-state index in [2.05, 4.69) is 5.43 Å². The van der Waals surface area contributed by atoms with Crippen LogP contribution in [0, 0.1) is 11.6 Å². The van der Waals surface area contributed by atoms with Crippen LogP contribution in [0.1, 0.15) is 32.4 Å². The molecule has 0 radical (unpaired) electrons. The van der Waals surface area contributed by atoms with Gasteiger partial charge in [0.25, 0.3) is 0 Å². The van der Waals surface area contributed by atoms with Gasteiger partial charge in [-0.05, 0) is 32.9 Å². The van der Waals surface area contributed by atoms with Gasteiger partial charge in [0.2, 0.25) is 0 Å². The molecule has 1 aromatic carbocycles. The lowest BCUT2D eigenvalue weighted by molar-refractivity contribution is -0.0156. The molecule has 0 aromatic heterocycles. The van der Waals surface area contributed by atoms with Gasteiger partial charge < -0.3 is 4.74 Å². The van der Waals surface area contributed by atoms with Crippen LogP contribution in [0.5, 0.6) is 0 Å². The number of hydrazine groups is 1. The molecule has 1 atom stereocenters. The van der Waals surface area contributed by atoms with E-state index in [0.717, 1.165) is 0 Å². The van der Waals surface area contributed by atoms with Crippen LogP contribution in [0.25, 0.3) is 0 Å². The molecule has 0 aliphatic rings. The van der Waals surface area contributed by atoms with Gasteiger partial charge in [-0.3, -0.25) is 11.3 Å². The van der Waals surface area contributed by atoms with Crippen molar-refractivity contribution >= 4 is 0 Å². The average Bonchev–Trinajstić information content (AvgIpc) is 2.21. The molecule has 1 aromatic rings. The second kappa shape index (κ2) is 5.53. The second-order valence-electron chi connectivity index (χ2n) is 4.78. The fourth-order valence-electron chi connectivity index (χ4n) is 1.39. The van der Waals surface area contributed by atoms with E-state index in [1.807, 2.05) is 20.8 Å². The van der Waals surface area contributed by atoms with Crippen molar-refractivity contribution in [2.75, 3.05) is 6.61 Å². The minimum atomic E-state index is -0.713. The van der Waals surface area contributed by atoms with Crippen LogP contribution in [0.15, 0.2) is 18.2 Å². The highest BCUT2D eigenvalue weighted by molar-refractivity contribution is 5.23. The van der Waals surface area contributed by atoms with Crippen LogP contribution in [-0.4, -0.2) is 12.2 Å². The average molecular weight is 244 g/mol. The van der Waals surface area contributed by atoms with Crippen LogP contribution >= 0.6 is 0 Å². The lowest BCUT2D eigenvalue weighted by Gasteiger charge is -2.24. The van der Waals surface area contributed by atoms with Crippen molar-refractivity contribution in [1.82, 2.24) is 5.43 Å². The van der Waals surface area contributed by atoms with Gasteiger partial charge in [0, 0.05) is 5.56 Å². The zero-order valence-corrected chi connectivity index (χ0v) is 10.3. The molecule has 0 spiro atoms. The first kappa shape index (κ1) is 14.0. The van der Waals surface area contributed by atoms with Gasteiger partial charge >= 0.3 is 0 Å². The molecule has 0 fully saturated rings. The van der Waals surface area contributed by atoms with Crippen LogP contribution in [0.4, 0.5) is 8.78 Å². The summed E-state index contributed by atoms with van der Waals surface area (Å²) in [5.41, 5.74) is 1.88. The summed E-state index contributed by atoms with van der Waals surface area (Å²) in [5.74, 6) is 4.04. The maximum absolute atomic E-state index is 13.5. The first-order valence-corrected chi connectivity index (χ1v) is 5.39. The monoisotopic (exact) mass is 244 g/mol. The summed E-state index contributed by atoms with van der Waals surface area (Å²) < 4.78 is 32.5. The maximum atomic E-state index is 13.5. The van der Waals surface area contributed by atoms with E-state index in [9.17, 15) is 8.78 Å². The smallest absolute Gasteiger partial charge is 0.131 e. The summed E-state index contributed by atoms with van der Waals surface area (Å²) in [7, 11) is 0. The Balaban J connectivity index is 2.87. The van der Waals surface area contributed by atoms with Gasteiger partial charge in [0.05, 0.1) is 18.2 Å². The first-order chi connectivity index (χ1) is 7.85. The molecule has 1 rings (SSSR count). The topological polar surface area (TPSA) is 47.3 Å². The molecule has 0 aliphatic heterocycles. The van der Waals surface area contributed by atoms with Gasteiger partial charge in [-0.1, -0.05) is 6.07 Å². The number of hydrogen-bond donors (Lipinski definition) is 2. The molecule has 1 unspecified atom stereocenters. The normalized spacial score (nSPS) is 13.8. The summed E-state index contributed by atoms with van der Waals surface area (Å²) >= 11 is 0. The number of halogens is 2. The molecule has 0 amide bonds. The molecule has 0 saturated heterocycles.